The van der Waals surface area contributed by atoms with Gasteiger partial charge in [-0.15, -0.1) is 0 Å². The first kappa shape index (κ1) is 14.8. The summed E-state index contributed by atoms with van der Waals surface area (Å²) in [4.78, 5) is 23.5. The van der Waals surface area contributed by atoms with Crippen LogP contribution in [0.1, 0.15) is 28.8 Å². The zero-order chi connectivity index (χ0) is 15.2. The Morgan fingerprint density at radius 3 is 2.19 bits per heavy atom. The number of hydrogen-bond donors (Lipinski definition) is 1. The fourth-order valence-corrected chi connectivity index (χ4v) is 1.95. The van der Waals surface area contributed by atoms with Gasteiger partial charge in [-0.2, -0.15) is 0 Å². The van der Waals surface area contributed by atoms with Crippen LogP contribution in [0.25, 0.3) is 0 Å². The maximum Gasteiger partial charge on any atom is 0.337 e. The predicted octanol–water partition coefficient (Wildman–Crippen LogP) is 3.22. The van der Waals surface area contributed by atoms with Gasteiger partial charge in [-0.25, -0.2) is 4.79 Å². The predicted molar refractivity (Wildman–Crippen MR) is 81.3 cm³/mol. The summed E-state index contributed by atoms with van der Waals surface area (Å²) in [7, 11) is 1.33. The maximum absolute atomic E-state index is 12.2. The second-order valence-electron chi connectivity index (χ2n) is 4.69. The van der Waals surface area contributed by atoms with Crippen LogP contribution in [0.5, 0.6) is 0 Å². The standard InChI is InChI=1S/C17H17NO3/c1-12(13-6-4-3-5-7-13)16(19)18-15-10-8-14(9-11-15)17(20)21-2/h3-12H,1-2H3,(H,18,19). The molecule has 2 aromatic carbocycles. The number of methoxy groups -OCH3 is 1. The number of rotatable bonds is 4. The van der Waals surface area contributed by atoms with Crippen molar-refractivity contribution in [3.8, 4) is 0 Å². The number of carbonyl (C=O) groups is 2. The quantitative estimate of drug-likeness (QED) is 0.877. The van der Waals surface area contributed by atoms with E-state index in [4.69, 9.17) is 0 Å². The van der Waals surface area contributed by atoms with Gasteiger partial charge in [0, 0.05) is 5.69 Å². The van der Waals surface area contributed by atoms with Crippen molar-refractivity contribution < 1.29 is 14.3 Å². The number of hydrogen-bond acceptors (Lipinski definition) is 3. The Bertz CT molecular complexity index is 620. The van der Waals surface area contributed by atoms with Crippen LogP contribution in [0.3, 0.4) is 0 Å². The van der Waals surface area contributed by atoms with Gasteiger partial charge in [0.2, 0.25) is 5.91 Å². The molecule has 0 radical (unpaired) electrons. The van der Waals surface area contributed by atoms with Crippen molar-refractivity contribution in [3.05, 3.63) is 65.7 Å². The molecule has 4 nitrogen and oxygen atoms in total. The molecule has 1 unspecified atom stereocenters. The van der Waals surface area contributed by atoms with Gasteiger partial charge in [-0.05, 0) is 36.8 Å². The summed E-state index contributed by atoms with van der Waals surface area (Å²) in [5, 5.41) is 2.83. The largest absolute Gasteiger partial charge is 0.465 e. The molecule has 0 heterocycles. The average Bonchev–Trinajstić information content (AvgIpc) is 2.55. The topological polar surface area (TPSA) is 55.4 Å². The highest BCUT2D eigenvalue weighted by molar-refractivity contribution is 5.96. The molecule has 0 saturated carbocycles. The van der Waals surface area contributed by atoms with Gasteiger partial charge in [-0.1, -0.05) is 30.3 Å². The Balaban J connectivity index is 2.04. The summed E-state index contributed by atoms with van der Waals surface area (Å²) in [5.41, 5.74) is 2.06. The number of carbonyl (C=O) groups excluding carboxylic acids is 2. The van der Waals surface area contributed by atoms with Crippen LogP contribution in [0, 0.1) is 0 Å². The number of esters is 1. The van der Waals surface area contributed by atoms with Crippen molar-refractivity contribution in [1.82, 2.24) is 0 Å². The molecule has 1 atom stereocenters. The molecule has 0 aromatic heterocycles. The lowest BCUT2D eigenvalue weighted by molar-refractivity contribution is -0.117. The van der Waals surface area contributed by atoms with E-state index in [9.17, 15) is 9.59 Å². The summed E-state index contributed by atoms with van der Waals surface area (Å²) in [6.07, 6.45) is 0. The average molecular weight is 283 g/mol. The Hall–Kier alpha value is -2.62. The molecule has 0 fully saturated rings. The number of nitrogens with one attached hydrogen (secondary N) is 1. The molecule has 0 bridgehead atoms. The van der Waals surface area contributed by atoms with E-state index in [1.807, 2.05) is 37.3 Å². The van der Waals surface area contributed by atoms with Crippen LogP contribution in [0.2, 0.25) is 0 Å². The third kappa shape index (κ3) is 3.69. The summed E-state index contributed by atoms with van der Waals surface area (Å²) < 4.78 is 4.63. The maximum atomic E-state index is 12.2. The summed E-state index contributed by atoms with van der Waals surface area (Å²) >= 11 is 0. The molecule has 0 spiro atoms. The summed E-state index contributed by atoms with van der Waals surface area (Å²) in [5.74, 6) is -0.732. The smallest absolute Gasteiger partial charge is 0.337 e. The number of amides is 1. The van der Waals surface area contributed by atoms with Gasteiger partial charge in [0.15, 0.2) is 0 Å². The SMILES string of the molecule is COC(=O)c1ccc(NC(=O)C(C)c2ccccc2)cc1. The van der Waals surface area contributed by atoms with E-state index in [2.05, 4.69) is 10.1 Å². The van der Waals surface area contributed by atoms with E-state index in [-0.39, 0.29) is 11.8 Å². The molecule has 1 N–H and O–H groups in total. The fourth-order valence-electron chi connectivity index (χ4n) is 1.95. The second-order valence-corrected chi connectivity index (χ2v) is 4.69. The van der Waals surface area contributed by atoms with Gasteiger partial charge in [0.25, 0.3) is 0 Å². The van der Waals surface area contributed by atoms with Crippen LogP contribution in [0.4, 0.5) is 5.69 Å². The minimum atomic E-state index is -0.398. The van der Waals surface area contributed by atoms with Gasteiger partial charge in [0.05, 0.1) is 18.6 Å². The van der Waals surface area contributed by atoms with E-state index in [1.54, 1.807) is 24.3 Å². The molecule has 0 saturated heterocycles. The molecular formula is C17H17NO3. The molecule has 21 heavy (non-hydrogen) atoms. The van der Waals surface area contributed by atoms with Crippen LogP contribution in [0.15, 0.2) is 54.6 Å². The highest BCUT2D eigenvalue weighted by Gasteiger charge is 2.15. The fraction of sp³-hybridized carbons (Fsp3) is 0.176. The molecule has 0 aliphatic carbocycles. The van der Waals surface area contributed by atoms with Crippen LogP contribution >= 0.6 is 0 Å². The molecule has 1 amide bonds. The molecular weight excluding hydrogens is 266 g/mol. The second kappa shape index (κ2) is 6.70. The van der Waals surface area contributed by atoms with E-state index in [0.717, 1.165) is 5.56 Å². The molecule has 0 aliphatic rings. The zero-order valence-corrected chi connectivity index (χ0v) is 12.0. The molecule has 108 valence electrons. The Kier molecular flexibility index (Phi) is 4.72. The Morgan fingerprint density at radius 2 is 1.62 bits per heavy atom. The first-order valence-corrected chi connectivity index (χ1v) is 6.66. The Morgan fingerprint density at radius 1 is 1.00 bits per heavy atom. The van der Waals surface area contributed by atoms with E-state index >= 15 is 0 Å². The van der Waals surface area contributed by atoms with Crippen LogP contribution in [-0.4, -0.2) is 19.0 Å². The first-order valence-electron chi connectivity index (χ1n) is 6.66. The van der Waals surface area contributed by atoms with Gasteiger partial charge in [0.1, 0.15) is 0 Å². The van der Waals surface area contributed by atoms with Crippen molar-refractivity contribution in [1.29, 1.82) is 0 Å². The van der Waals surface area contributed by atoms with Gasteiger partial charge >= 0.3 is 5.97 Å². The number of ether oxygens (including phenoxy) is 1. The number of benzene rings is 2. The third-order valence-electron chi connectivity index (χ3n) is 3.27. The lowest BCUT2D eigenvalue weighted by atomic mass is 10.0. The van der Waals surface area contributed by atoms with Crippen molar-refractivity contribution in [2.24, 2.45) is 0 Å². The highest BCUT2D eigenvalue weighted by atomic mass is 16.5. The minimum absolute atomic E-state index is 0.0907. The van der Waals surface area contributed by atoms with Crippen molar-refractivity contribution in [3.63, 3.8) is 0 Å². The lowest BCUT2D eigenvalue weighted by Gasteiger charge is -2.12. The normalized spacial score (nSPS) is 11.5. The van der Waals surface area contributed by atoms with E-state index in [1.165, 1.54) is 7.11 Å². The first-order chi connectivity index (χ1) is 10.1. The summed E-state index contributed by atoms with van der Waals surface area (Å²) in [6, 6.07) is 16.2. The Labute approximate surface area is 123 Å². The molecule has 2 rings (SSSR count). The monoisotopic (exact) mass is 283 g/mol. The van der Waals surface area contributed by atoms with Crippen molar-refractivity contribution >= 4 is 17.6 Å². The van der Waals surface area contributed by atoms with Crippen molar-refractivity contribution in [2.45, 2.75) is 12.8 Å². The van der Waals surface area contributed by atoms with Crippen LogP contribution in [-0.2, 0) is 9.53 Å². The van der Waals surface area contributed by atoms with Crippen LogP contribution < -0.4 is 5.32 Å². The minimum Gasteiger partial charge on any atom is -0.465 e. The summed E-state index contributed by atoms with van der Waals surface area (Å²) in [6.45, 7) is 1.85. The van der Waals surface area contributed by atoms with Gasteiger partial charge in [-0.3, -0.25) is 4.79 Å². The van der Waals surface area contributed by atoms with Gasteiger partial charge < -0.3 is 10.1 Å². The lowest BCUT2D eigenvalue weighted by Crippen LogP contribution is -2.18. The third-order valence-corrected chi connectivity index (χ3v) is 3.27. The van der Waals surface area contributed by atoms with E-state index in [0.29, 0.717) is 11.3 Å². The molecule has 4 heteroatoms. The van der Waals surface area contributed by atoms with Crippen molar-refractivity contribution in [2.75, 3.05) is 12.4 Å². The highest BCUT2D eigenvalue weighted by Crippen LogP contribution is 2.18. The zero-order valence-electron chi connectivity index (χ0n) is 12.0. The molecule has 2 aromatic rings. The number of anilines is 1. The molecule has 0 aliphatic heterocycles. The van der Waals surface area contributed by atoms with E-state index < -0.39 is 5.97 Å².